The van der Waals surface area contributed by atoms with Crippen molar-refractivity contribution in [2.24, 2.45) is 0 Å². The summed E-state index contributed by atoms with van der Waals surface area (Å²) in [5, 5.41) is 7.72. The van der Waals surface area contributed by atoms with Crippen molar-refractivity contribution in [2.45, 2.75) is 45.4 Å². The number of rotatable bonds is 6. The second-order valence-corrected chi connectivity index (χ2v) is 14.2. The van der Waals surface area contributed by atoms with E-state index in [1.54, 1.807) is 0 Å². The number of hydrogen-bond acceptors (Lipinski definition) is 1. The van der Waals surface area contributed by atoms with Crippen LogP contribution in [-0.2, 0) is 12.8 Å². The van der Waals surface area contributed by atoms with Crippen LogP contribution in [0.2, 0.25) is 0 Å². The van der Waals surface area contributed by atoms with Gasteiger partial charge in [0.2, 0.25) is 0 Å². The van der Waals surface area contributed by atoms with E-state index in [4.69, 9.17) is 0 Å². The van der Waals surface area contributed by atoms with Crippen molar-refractivity contribution in [1.29, 1.82) is 0 Å². The van der Waals surface area contributed by atoms with E-state index in [1.165, 1.54) is 108 Å². The third-order valence-electron chi connectivity index (χ3n) is 10.8. The molecule has 0 atom stereocenters. The molecule has 0 N–H and O–H groups in total. The summed E-state index contributed by atoms with van der Waals surface area (Å²) < 4.78 is 0. The van der Waals surface area contributed by atoms with Gasteiger partial charge in [-0.1, -0.05) is 135 Å². The van der Waals surface area contributed by atoms with Crippen LogP contribution in [0.5, 0.6) is 0 Å². The Morgan fingerprint density at radius 2 is 0.980 bits per heavy atom. The Kier molecular flexibility index (Phi) is 7.70. The van der Waals surface area contributed by atoms with Crippen molar-refractivity contribution in [3.8, 4) is 22.3 Å². The zero-order valence-electron chi connectivity index (χ0n) is 28.9. The predicted octanol–water partition coefficient (Wildman–Crippen LogP) is 14.0. The smallest absolute Gasteiger partial charge is 0.0499 e. The Balaban J connectivity index is 1.19. The van der Waals surface area contributed by atoms with E-state index in [-0.39, 0.29) is 0 Å². The molecule has 0 amide bonds. The summed E-state index contributed by atoms with van der Waals surface area (Å²) in [5.41, 5.74) is 13.1. The summed E-state index contributed by atoms with van der Waals surface area (Å²) in [4.78, 5) is 2.50. The van der Waals surface area contributed by atoms with E-state index in [0.29, 0.717) is 5.92 Å². The normalized spacial score (nSPS) is 12.9. The molecule has 0 spiro atoms. The molecule has 242 valence electrons. The van der Waals surface area contributed by atoms with Crippen molar-refractivity contribution >= 4 is 49.4 Å². The van der Waals surface area contributed by atoms with Crippen LogP contribution in [-0.4, -0.2) is 0 Å². The molecular weight excluding hydrogens is 603 g/mol. The molecular formula is C49H41N. The van der Waals surface area contributed by atoms with E-state index < -0.39 is 0 Å². The minimum atomic E-state index is 0.401. The molecule has 8 aromatic rings. The van der Waals surface area contributed by atoms with Crippen LogP contribution in [0.1, 0.15) is 49.3 Å². The summed E-state index contributed by atoms with van der Waals surface area (Å²) in [6, 6.07) is 58.7. The number of hydrogen-bond donors (Lipinski definition) is 0. The van der Waals surface area contributed by atoms with E-state index in [2.05, 4.69) is 176 Å². The number of benzene rings is 8. The molecule has 0 bridgehead atoms. The summed E-state index contributed by atoms with van der Waals surface area (Å²) >= 11 is 0. The molecule has 0 radical (unpaired) electrons. The van der Waals surface area contributed by atoms with Crippen molar-refractivity contribution in [3.05, 3.63) is 174 Å². The predicted molar refractivity (Wildman–Crippen MR) is 215 cm³/mol. The van der Waals surface area contributed by atoms with Crippen molar-refractivity contribution < 1.29 is 0 Å². The zero-order chi connectivity index (χ0) is 33.6. The van der Waals surface area contributed by atoms with Gasteiger partial charge in [0.15, 0.2) is 0 Å². The topological polar surface area (TPSA) is 3.24 Å². The van der Waals surface area contributed by atoms with Crippen LogP contribution in [0.25, 0.3) is 54.6 Å². The first-order valence-electron chi connectivity index (χ1n) is 18.2. The summed E-state index contributed by atoms with van der Waals surface area (Å²) in [6.45, 7) is 4.67. The first-order valence-corrected chi connectivity index (χ1v) is 18.2. The third-order valence-corrected chi connectivity index (χ3v) is 10.8. The molecule has 1 nitrogen and oxygen atoms in total. The maximum atomic E-state index is 2.52. The maximum absolute atomic E-state index is 2.52. The average molecular weight is 644 g/mol. The molecule has 0 fully saturated rings. The Morgan fingerprint density at radius 3 is 1.66 bits per heavy atom. The monoisotopic (exact) mass is 643 g/mol. The van der Waals surface area contributed by atoms with E-state index in [1.807, 2.05) is 0 Å². The van der Waals surface area contributed by atoms with Crippen LogP contribution in [0.15, 0.2) is 158 Å². The fourth-order valence-electron chi connectivity index (χ4n) is 8.23. The first kappa shape index (κ1) is 30.4. The molecule has 50 heavy (non-hydrogen) atoms. The SMILES string of the molecule is CC(C)c1cc2c(cc1N(c1ccc(-c3cccc4ccccc34)cc1)c1ccc(-c3cc4ccccc4c4ccccc34)cc1)CCCC2. The fraction of sp³-hybridized carbons (Fsp3) is 0.143. The molecule has 1 aliphatic rings. The Bertz CT molecular complexity index is 2500. The van der Waals surface area contributed by atoms with Crippen LogP contribution in [0.4, 0.5) is 17.1 Å². The molecule has 0 heterocycles. The van der Waals surface area contributed by atoms with Crippen LogP contribution in [0, 0.1) is 0 Å². The van der Waals surface area contributed by atoms with Gasteiger partial charge in [-0.15, -0.1) is 0 Å². The Morgan fingerprint density at radius 1 is 0.440 bits per heavy atom. The van der Waals surface area contributed by atoms with Gasteiger partial charge in [-0.3, -0.25) is 0 Å². The lowest BCUT2D eigenvalue weighted by Gasteiger charge is -2.31. The molecule has 1 heteroatoms. The number of nitrogens with zero attached hydrogens (tertiary/aromatic N) is 1. The molecule has 1 aliphatic carbocycles. The van der Waals surface area contributed by atoms with Gasteiger partial charge in [-0.05, 0) is 139 Å². The van der Waals surface area contributed by atoms with E-state index >= 15 is 0 Å². The Hall–Kier alpha value is -5.66. The maximum Gasteiger partial charge on any atom is 0.0499 e. The highest BCUT2D eigenvalue weighted by Crippen LogP contribution is 2.44. The van der Waals surface area contributed by atoms with Gasteiger partial charge < -0.3 is 4.90 Å². The van der Waals surface area contributed by atoms with E-state index in [9.17, 15) is 0 Å². The van der Waals surface area contributed by atoms with Gasteiger partial charge in [0.05, 0.1) is 0 Å². The lowest BCUT2D eigenvalue weighted by atomic mass is 9.86. The minimum absolute atomic E-state index is 0.401. The number of anilines is 3. The fourth-order valence-corrected chi connectivity index (χ4v) is 8.23. The molecule has 9 rings (SSSR count). The molecule has 0 saturated heterocycles. The quantitative estimate of drug-likeness (QED) is 0.163. The molecule has 8 aromatic carbocycles. The summed E-state index contributed by atoms with van der Waals surface area (Å²) in [7, 11) is 0. The van der Waals surface area contributed by atoms with Crippen LogP contribution in [0.3, 0.4) is 0 Å². The highest BCUT2D eigenvalue weighted by molar-refractivity contribution is 6.13. The second kappa shape index (κ2) is 12.7. The number of fused-ring (bicyclic) bond motifs is 5. The standard InChI is InChI=1S/C49H41N/c1-33(2)47-30-37-13-3-4-14-38(37)32-49(47)50(40-26-22-35(23-27-40)43-21-11-16-34-12-5-7-17-42(34)43)41-28-24-36(25-29-41)48-31-39-15-6-8-18-44(39)45-19-9-10-20-46(45)48/h5-12,15-33H,3-4,13-14H2,1-2H3. The minimum Gasteiger partial charge on any atom is -0.310 e. The molecule has 0 aromatic heterocycles. The van der Waals surface area contributed by atoms with Crippen LogP contribution >= 0.6 is 0 Å². The van der Waals surface area contributed by atoms with Gasteiger partial charge in [-0.25, -0.2) is 0 Å². The van der Waals surface area contributed by atoms with E-state index in [0.717, 1.165) is 6.42 Å². The van der Waals surface area contributed by atoms with Gasteiger partial charge in [0.1, 0.15) is 0 Å². The summed E-state index contributed by atoms with van der Waals surface area (Å²) in [5.74, 6) is 0.401. The molecule has 0 unspecified atom stereocenters. The lowest BCUT2D eigenvalue weighted by Crippen LogP contribution is -2.15. The highest BCUT2D eigenvalue weighted by atomic mass is 15.1. The average Bonchev–Trinajstić information content (AvgIpc) is 3.18. The largest absolute Gasteiger partial charge is 0.310 e. The van der Waals surface area contributed by atoms with Gasteiger partial charge in [0, 0.05) is 17.1 Å². The molecule has 0 saturated carbocycles. The summed E-state index contributed by atoms with van der Waals surface area (Å²) in [6.07, 6.45) is 4.89. The first-order chi connectivity index (χ1) is 24.6. The highest BCUT2D eigenvalue weighted by Gasteiger charge is 2.22. The second-order valence-electron chi connectivity index (χ2n) is 14.2. The van der Waals surface area contributed by atoms with Crippen molar-refractivity contribution in [3.63, 3.8) is 0 Å². The van der Waals surface area contributed by atoms with Crippen molar-refractivity contribution in [2.75, 3.05) is 4.90 Å². The van der Waals surface area contributed by atoms with Gasteiger partial charge in [0.25, 0.3) is 0 Å². The third kappa shape index (κ3) is 5.35. The number of aryl methyl sites for hydroxylation is 2. The van der Waals surface area contributed by atoms with Gasteiger partial charge in [-0.2, -0.15) is 0 Å². The Labute approximate surface area is 295 Å². The van der Waals surface area contributed by atoms with Crippen molar-refractivity contribution in [1.82, 2.24) is 0 Å². The van der Waals surface area contributed by atoms with Gasteiger partial charge >= 0.3 is 0 Å². The lowest BCUT2D eigenvalue weighted by molar-refractivity contribution is 0.682. The molecule has 0 aliphatic heterocycles. The van der Waals surface area contributed by atoms with Crippen LogP contribution < -0.4 is 4.90 Å². The zero-order valence-corrected chi connectivity index (χ0v) is 28.9.